The number of hydrogen-bond donors (Lipinski definition) is 0. The molecule has 53 heavy (non-hydrogen) atoms. The van der Waals surface area contributed by atoms with Crippen molar-refractivity contribution in [1.82, 2.24) is 29.1 Å². The molecule has 0 amide bonds. The maximum absolute atomic E-state index is 5.33. The van der Waals surface area contributed by atoms with Gasteiger partial charge in [-0.2, -0.15) is 15.0 Å². The van der Waals surface area contributed by atoms with Crippen LogP contribution < -0.4 is 0 Å². The Morgan fingerprint density at radius 1 is 0.358 bits per heavy atom. The fourth-order valence-electron chi connectivity index (χ4n) is 7.59. The lowest BCUT2D eigenvalue weighted by Gasteiger charge is -2.12. The van der Waals surface area contributed by atoms with Gasteiger partial charge in [-0.25, -0.2) is 4.98 Å². The number of rotatable bonds is 5. The zero-order valence-corrected chi connectivity index (χ0v) is 29.1. The van der Waals surface area contributed by atoms with Crippen LogP contribution in [0.2, 0.25) is 0 Å². The van der Waals surface area contributed by atoms with Crippen molar-refractivity contribution in [3.8, 4) is 45.0 Å². The van der Waals surface area contributed by atoms with Gasteiger partial charge in [-0.15, -0.1) is 11.3 Å². The van der Waals surface area contributed by atoms with Crippen LogP contribution in [0.25, 0.3) is 98.8 Å². The number of benzene rings is 7. The van der Waals surface area contributed by atoms with Gasteiger partial charge in [-0.3, -0.25) is 9.13 Å². The molecule has 0 bridgehead atoms. The third-order valence-corrected chi connectivity index (χ3v) is 11.1. The summed E-state index contributed by atoms with van der Waals surface area (Å²) in [6, 6.07) is 59.2. The molecular weight excluding hydrogens is 669 g/mol. The molecule has 0 aliphatic rings. The smallest absolute Gasteiger partial charge is 0.240 e. The van der Waals surface area contributed by atoms with Crippen LogP contribution in [-0.2, 0) is 0 Å². The van der Waals surface area contributed by atoms with Crippen LogP contribution in [0.5, 0.6) is 0 Å². The molecule has 0 atom stereocenters. The lowest BCUT2D eigenvalue weighted by molar-refractivity contribution is 0.893. The second-order valence-corrected chi connectivity index (χ2v) is 14.2. The number of para-hydroxylation sites is 3. The first kappa shape index (κ1) is 29.7. The summed E-state index contributed by atoms with van der Waals surface area (Å²) in [7, 11) is 0. The van der Waals surface area contributed by atoms with E-state index in [1.807, 2.05) is 18.2 Å². The van der Waals surface area contributed by atoms with Crippen molar-refractivity contribution in [1.29, 1.82) is 0 Å². The van der Waals surface area contributed by atoms with E-state index in [9.17, 15) is 0 Å². The Kier molecular flexibility index (Phi) is 6.62. The minimum Gasteiger partial charge on any atom is -0.278 e. The van der Waals surface area contributed by atoms with Crippen LogP contribution in [0.15, 0.2) is 170 Å². The Morgan fingerprint density at radius 2 is 0.868 bits per heavy atom. The molecule has 4 heterocycles. The quantitative estimate of drug-likeness (QED) is 0.180. The van der Waals surface area contributed by atoms with Gasteiger partial charge in [-0.1, -0.05) is 121 Å². The molecule has 0 radical (unpaired) electrons. The van der Waals surface area contributed by atoms with Gasteiger partial charge < -0.3 is 0 Å². The Morgan fingerprint density at radius 3 is 1.49 bits per heavy atom. The molecule has 0 saturated carbocycles. The Bertz CT molecular complexity index is 3120. The van der Waals surface area contributed by atoms with Crippen molar-refractivity contribution >= 4 is 65.2 Å². The number of thiazole rings is 1. The maximum atomic E-state index is 5.33. The highest BCUT2D eigenvalue weighted by molar-refractivity contribution is 7.21. The third-order valence-electron chi connectivity index (χ3n) is 10.0. The molecule has 7 aromatic carbocycles. The predicted octanol–water partition coefficient (Wildman–Crippen LogP) is 11.7. The summed E-state index contributed by atoms with van der Waals surface area (Å²) in [4.78, 5) is 20.8. The van der Waals surface area contributed by atoms with Crippen LogP contribution in [0.1, 0.15) is 0 Å². The number of hydrogen-bond acceptors (Lipinski definition) is 5. The van der Waals surface area contributed by atoms with E-state index in [0.717, 1.165) is 75.5 Å². The number of fused-ring (bicyclic) bond motifs is 7. The first-order chi connectivity index (χ1) is 26.3. The van der Waals surface area contributed by atoms with E-state index >= 15 is 0 Å². The molecule has 11 rings (SSSR count). The maximum Gasteiger partial charge on any atom is 0.240 e. The lowest BCUT2D eigenvalue weighted by atomic mass is 10.0. The van der Waals surface area contributed by atoms with E-state index in [1.54, 1.807) is 11.3 Å². The summed E-state index contributed by atoms with van der Waals surface area (Å²) in [6.07, 6.45) is 0. The van der Waals surface area contributed by atoms with Crippen LogP contribution in [0.4, 0.5) is 0 Å². The fourth-order valence-corrected chi connectivity index (χ4v) is 8.60. The molecule has 0 unspecified atom stereocenters. The predicted molar refractivity (Wildman–Crippen MR) is 218 cm³/mol. The zero-order chi connectivity index (χ0) is 34.9. The highest BCUT2D eigenvalue weighted by atomic mass is 32.1. The summed E-state index contributed by atoms with van der Waals surface area (Å²) in [5.41, 5.74) is 9.43. The van der Waals surface area contributed by atoms with Gasteiger partial charge in [0.1, 0.15) is 5.01 Å². The van der Waals surface area contributed by atoms with Crippen molar-refractivity contribution in [3.05, 3.63) is 170 Å². The average Bonchev–Trinajstić information content (AvgIpc) is 3.91. The third kappa shape index (κ3) is 4.79. The second-order valence-electron chi connectivity index (χ2n) is 13.1. The first-order valence-corrected chi connectivity index (χ1v) is 18.4. The fraction of sp³-hybridized carbons (Fsp3) is 0. The summed E-state index contributed by atoms with van der Waals surface area (Å²) < 4.78 is 5.42. The first-order valence-electron chi connectivity index (χ1n) is 17.6. The van der Waals surface area contributed by atoms with Gasteiger partial charge in [0.05, 0.1) is 32.3 Å². The lowest BCUT2D eigenvalue weighted by Crippen LogP contribution is -2.10. The molecule has 4 aromatic heterocycles. The van der Waals surface area contributed by atoms with Crippen LogP contribution in [0, 0.1) is 0 Å². The molecule has 6 nitrogen and oxygen atoms in total. The topological polar surface area (TPSA) is 61.4 Å². The Hall–Kier alpha value is -6.96. The Balaban J connectivity index is 1.18. The molecule has 11 aromatic rings. The molecule has 0 aliphatic heterocycles. The van der Waals surface area contributed by atoms with Crippen molar-refractivity contribution in [2.75, 3.05) is 0 Å². The van der Waals surface area contributed by atoms with Crippen molar-refractivity contribution in [3.63, 3.8) is 0 Å². The molecule has 0 saturated heterocycles. The average molecular weight is 697 g/mol. The van der Waals surface area contributed by atoms with Gasteiger partial charge >= 0.3 is 0 Å². The highest BCUT2D eigenvalue weighted by Crippen LogP contribution is 2.37. The van der Waals surface area contributed by atoms with Crippen molar-refractivity contribution < 1.29 is 0 Å². The summed E-state index contributed by atoms with van der Waals surface area (Å²) in [5.74, 6) is 1.71. The molecule has 0 fully saturated rings. The van der Waals surface area contributed by atoms with Gasteiger partial charge in [0.25, 0.3) is 0 Å². The standard InChI is InChI=1S/C46H28N6S/c1-3-13-29(14-4-1)31-24-26-41-36(27-31)35-19-9-12-22-40(35)52(41)46-49-43(32-23-25-37-42(28-32)53-44(47-37)30-15-5-2-6-16-30)48-45(50-46)51-38-20-10-7-17-33(38)34-18-8-11-21-39(34)51/h1-28H. The number of aromatic nitrogens is 6. The summed E-state index contributed by atoms with van der Waals surface area (Å²) >= 11 is 1.68. The van der Waals surface area contributed by atoms with E-state index in [-0.39, 0.29) is 0 Å². The SMILES string of the molecule is c1ccc(-c2ccc3c(c2)c2ccccc2n3-c2nc(-c3ccc4nc(-c5ccccc5)sc4c3)nc(-n3c4ccccc4c4ccccc43)n2)cc1. The van der Waals surface area contributed by atoms with Crippen molar-refractivity contribution in [2.45, 2.75) is 0 Å². The second kappa shape index (κ2) is 11.8. The van der Waals surface area contributed by atoms with E-state index in [1.165, 1.54) is 5.56 Å². The Labute approximate surface area is 307 Å². The molecule has 248 valence electrons. The monoisotopic (exact) mass is 696 g/mol. The minimum atomic E-state index is 0.555. The highest BCUT2D eigenvalue weighted by Gasteiger charge is 2.21. The summed E-state index contributed by atoms with van der Waals surface area (Å²) in [6.45, 7) is 0. The molecule has 0 aliphatic carbocycles. The molecule has 7 heteroatoms. The van der Waals surface area contributed by atoms with E-state index < -0.39 is 0 Å². The molecular formula is C46H28N6S. The van der Waals surface area contributed by atoms with Crippen LogP contribution >= 0.6 is 11.3 Å². The zero-order valence-electron chi connectivity index (χ0n) is 28.3. The molecule has 0 spiro atoms. The van der Waals surface area contributed by atoms with Crippen LogP contribution in [-0.4, -0.2) is 29.1 Å². The summed E-state index contributed by atoms with van der Waals surface area (Å²) in [5, 5.41) is 5.56. The van der Waals surface area contributed by atoms with Gasteiger partial charge in [0.2, 0.25) is 11.9 Å². The molecule has 0 N–H and O–H groups in total. The van der Waals surface area contributed by atoms with Crippen molar-refractivity contribution in [2.24, 2.45) is 0 Å². The van der Waals surface area contributed by atoms with Gasteiger partial charge in [0, 0.05) is 32.7 Å². The van der Waals surface area contributed by atoms with E-state index in [0.29, 0.717) is 17.7 Å². The van der Waals surface area contributed by atoms with Gasteiger partial charge in [-0.05, 0) is 59.7 Å². The number of nitrogens with zero attached hydrogens (tertiary/aromatic N) is 6. The van der Waals surface area contributed by atoms with E-state index in [2.05, 4.69) is 161 Å². The van der Waals surface area contributed by atoms with E-state index in [4.69, 9.17) is 19.9 Å². The largest absolute Gasteiger partial charge is 0.278 e. The van der Waals surface area contributed by atoms with Gasteiger partial charge in [0.15, 0.2) is 5.82 Å². The minimum absolute atomic E-state index is 0.555. The normalized spacial score (nSPS) is 11.8. The van der Waals surface area contributed by atoms with Crippen LogP contribution in [0.3, 0.4) is 0 Å².